The van der Waals surface area contributed by atoms with Crippen molar-refractivity contribution in [3.8, 4) is 22.6 Å². The molecule has 0 atom stereocenters. The van der Waals surface area contributed by atoms with Crippen molar-refractivity contribution in [1.29, 1.82) is 0 Å². The van der Waals surface area contributed by atoms with E-state index in [9.17, 15) is 9.59 Å². The first kappa shape index (κ1) is 22.4. The summed E-state index contributed by atoms with van der Waals surface area (Å²) >= 11 is 0. The molecule has 2 heterocycles. The summed E-state index contributed by atoms with van der Waals surface area (Å²) in [7, 11) is 0. The van der Waals surface area contributed by atoms with E-state index in [0.29, 0.717) is 28.1 Å². The zero-order valence-corrected chi connectivity index (χ0v) is 19.0. The molecule has 0 spiro atoms. The van der Waals surface area contributed by atoms with Gasteiger partial charge in [0.25, 0.3) is 5.91 Å². The van der Waals surface area contributed by atoms with Crippen LogP contribution in [0.5, 0.6) is 11.5 Å². The minimum Gasteiger partial charge on any atom is -0.480 e. The number of fused-ring (bicyclic) bond motifs is 1. The average molecular weight is 472 g/mol. The molecule has 0 bridgehead atoms. The highest BCUT2D eigenvalue weighted by Crippen LogP contribution is 2.43. The molecule has 1 saturated carbocycles. The molecule has 0 saturated heterocycles. The van der Waals surface area contributed by atoms with Gasteiger partial charge in [0, 0.05) is 11.5 Å². The molecule has 2 aromatic heterocycles. The van der Waals surface area contributed by atoms with Gasteiger partial charge in [-0.05, 0) is 42.7 Å². The molecule has 1 aliphatic rings. The molecule has 4 aromatic rings. The lowest BCUT2D eigenvalue weighted by Gasteiger charge is -2.13. The second-order valence-corrected chi connectivity index (χ2v) is 8.54. The van der Waals surface area contributed by atoms with Gasteiger partial charge in [0.2, 0.25) is 0 Å². The zero-order valence-electron chi connectivity index (χ0n) is 19.0. The highest BCUT2D eigenvalue weighted by molar-refractivity contribution is 6.09. The number of hydrogen-bond donors (Lipinski definition) is 3. The third-order valence-corrected chi connectivity index (χ3v) is 6.28. The van der Waals surface area contributed by atoms with Crippen molar-refractivity contribution in [1.82, 2.24) is 19.9 Å². The van der Waals surface area contributed by atoms with Crippen LogP contribution in [0.15, 0.2) is 60.9 Å². The number of para-hydroxylation sites is 1. The number of carboxylic acid groups (broad SMARTS) is 1. The average Bonchev–Trinajstić information content (AvgIpc) is 3.50. The molecule has 4 N–H and O–H groups in total. The summed E-state index contributed by atoms with van der Waals surface area (Å²) in [6.45, 7) is -0.487. The van der Waals surface area contributed by atoms with Gasteiger partial charge in [0.1, 0.15) is 29.9 Å². The second kappa shape index (κ2) is 9.46. The van der Waals surface area contributed by atoms with E-state index in [0.717, 1.165) is 36.9 Å². The van der Waals surface area contributed by atoms with Gasteiger partial charge in [-0.2, -0.15) is 5.10 Å². The second-order valence-electron chi connectivity index (χ2n) is 8.54. The van der Waals surface area contributed by atoms with Crippen molar-refractivity contribution < 1.29 is 19.4 Å². The van der Waals surface area contributed by atoms with E-state index < -0.39 is 18.4 Å². The first-order chi connectivity index (χ1) is 17.0. The highest BCUT2D eigenvalue weighted by Gasteiger charge is 2.33. The maximum atomic E-state index is 13.4. The Bertz CT molecular complexity index is 1380. The van der Waals surface area contributed by atoms with E-state index in [4.69, 9.17) is 15.6 Å². The number of carbonyl (C=O) groups excluding carboxylic acids is 1. The number of nitrogens with zero attached hydrogens (tertiary/aromatic N) is 3. The van der Waals surface area contributed by atoms with Gasteiger partial charge >= 0.3 is 5.97 Å². The van der Waals surface area contributed by atoms with E-state index in [1.807, 2.05) is 54.6 Å². The smallest absolute Gasteiger partial charge is 0.322 e. The quantitative estimate of drug-likeness (QED) is 0.367. The predicted molar refractivity (Wildman–Crippen MR) is 131 cm³/mol. The number of hydrogen-bond acceptors (Lipinski definition) is 6. The van der Waals surface area contributed by atoms with Crippen LogP contribution in [-0.2, 0) is 4.79 Å². The Hall–Kier alpha value is -4.40. The van der Waals surface area contributed by atoms with Crippen LogP contribution in [0.3, 0.4) is 0 Å². The minimum absolute atomic E-state index is 0.108. The maximum absolute atomic E-state index is 13.4. The Morgan fingerprint density at radius 1 is 1.06 bits per heavy atom. The lowest BCUT2D eigenvalue weighted by Crippen LogP contribution is -2.30. The number of carboxylic acids is 1. The van der Waals surface area contributed by atoms with Crippen LogP contribution in [0.1, 0.15) is 47.7 Å². The Morgan fingerprint density at radius 2 is 1.74 bits per heavy atom. The molecule has 1 fully saturated rings. The van der Waals surface area contributed by atoms with Crippen molar-refractivity contribution in [3.63, 3.8) is 0 Å². The number of nitrogen functional groups attached to an aromatic ring is 1. The van der Waals surface area contributed by atoms with Crippen molar-refractivity contribution in [2.75, 3.05) is 12.3 Å². The predicted octanol–water partition coefficient (Wildman–Crippen LogP) is 4.24. The first-order valence-corrected chi connectivity index (χ1v) is 11.5. The van der Waals surface area contributed by atoms with Crippen LogP contribution in [0.25, 0.3) is 16.6 Å². The fourth-order valence-corrected chi connectivity index (χ4v) is 4.78. The van der Waals surface area contributed by atoms with Gasteiger partial charge in [-0.25, -0.2) is 9.50 Å². The van der Waals surface area contributed by atoms with Crippen LogP contribution in [0.2, 0.25) is 0 Å². The molecule has 5 rings (SSSR count). The topological polar surface area (TPSA) is 132 Å². The highest BCUT2D eigenvalue weighted by atomic mass is 16.5. The zero-order chi connectivity index (χ0) is 24.4. The SMILES string of the molecule is Nc1ncnn2c(C3CCCC3)c(C(=O)NCC(=O)O)c(-c3ccc(Oc4ccccc4)cc3)c12. The summed E-state index contributed by atoms with van der Waals surface area (Å²) in [5.41, 5.74) is 9.29. The normalized spacial score (nSPS) is 13.7. The molecular weight excluding hydrogens is 446 g/mol. The number of ether oxygens (including phenoxy) is 1. The Kier molecular flexibility index (Phi) is 6.05. The van der Waals surface area contributed by atoms with E-state index in [1.165, 1.54) is 6.33 Å². The number of rotatable bonds is 7. The van der Waals surface area contributed by atoms with Gasteiger partial charge < -0.3 is 20.9 Å². The Labute approximate surface area is 201 Å². The molecule has 1 aliphatic carbocycles. The summed E-state index contributed by atoms with van der Waals surface area (Å²) in [6.07, 6.45) is 5.31. The van der Waals surface area contributed by atoms with Crippen LogP contribution in [0.4, 0.5) is 5.82 Å². The van der Waals surface area contributed by atoms with E-state index in [1.54, 1.807) is 4.52 Å². The van der Waals surface area contributed by atoms with Crippen molar-refractivity contribution in [2.45, 2.75) is 31.6 Å². The van der Waals surface area contributed by atoms with Crippen LogP contribution in [0, 0.1) is 0 Å². The Balaban J connectivity index is 1.65. The van der Waals surface area contributed by atoms with Gasteiger partial charge in [-0.3, -0.25) is 9.59 Å². The van der Waals surface area contributed by atoms with Crippen molar-refractivity contribution in [3.05, 3.63) is 72.2 Å². The number of anilines is 1. The van der Waals surface area contributed by atoms with E-state index >= 15 is 0 Å². The number of amides is 1. The lowest BCUT2D eigenvalue weighted by atomic mass is 9.94. The van der Waals surface area contributed by atoms with Gasteiger partial charge in [-0.1, -0.05) is 43.2 Å². The van der Waals surface area contributed by atoms with Crippen LogP contribution < -0.4 is 15.8 Å². The van der Waals surface area contributed by atoms with E-state index in [-0.39, 0.29) is 11.7 Å². The maximum Gasteiger partial charge on any atom is 0.322 e. The van der Waals surface area contributed by atoms with Gasteiger partial charge in [0.05, 0.1) is 11.3 Å². The first-order valence-electron chi connectivity index (χ1n) is 11.5. The van der Waals surface area contributed by atoms with Crippen LogP contribution >= 0.6 is 0 Å². The van der Waals surface area contributed by atoms with Crippen LogP contribution in [-0.4, -0.2) is 38.1 Å². The molecule has 0 unspecified atom stereocenters. The molecule has 35 heavy (non-hydrogen) atoms. The summed E-state index contributed by atoms with van der Waals surface area (Å²) in [4.78, 5) is 28.8. The molecule has 9 nitrogen and oxygen atoms in total. The Morgan fingerprint density at radius 3 is 2.43 bits per heavy atom. The molecule has 0 radical (unpaired) electrons. The fraction of sp³-hybridized carbons (Fsp3) is 0.231. The van der Waals surface area contributed by atoms with Crippen molar-refractivity contribution in [2.24, 2.45) is 0 Å². The molecular formula is C26H25N5O4. The molecule has 9 heteroatoms. The monoisotopic (exact) mass is 471 g/mol. The van der Waals surface area contributed by atoms with Crippen molar-refractivity contribution >= 4 is 23.2 Å². The molecule has 0 aliphatic heterocycles. The number of aliphatic carboxylic acids is 1. The largest absolute Gasteiger partial charge is 0.480 e. The molecule has 178 valence electrons. The van der Waals surface area contributed by atoms with E-state index in [2.05, 4.69) is 15.4 Å². The number of aromatic nitrogens is 3. The minimum atomic E-state index is -1.12. The summed E-state index contributed by atoms with van der Waals surface area (Å²) in [6, 6.07) is 16.8. The number of nitrogens with two attached hydrogens (primary N) is 1. The third-order valence-electron chi connectivity index (χ3n) is 6.28. The lowest BCUT2D eigenvalue weighted by molar-refractivity contribution is -0.135. The summed E-state index contributed by atoms with van der Waals surface area (Å²) in [5, 5.41) is 16.1. The summed E-state index contributed by atoms with van der Waals surface area (Å²) in [5.74, 6) is 0.115. The molecule has 1 amide bonds. The number of carbonyl (C=O) groups is 2. The van der Waals surface area contributed by atoms with Gasteiger partial charge in [-0.15, -0.1) is 0 Å². The third kappa shape index (κ3) is 4.40. The number of benzene rings is 2. The standard InChI is InChI=1S/C26H25N5O4/c27-25-24-21(16-10-12-19(13-11-16)35-18-8-2-1-3-9-18)22(26(34)28-14-20(32)33)23(17-6-4-5-7-17)31(24)30-15-29-25/h1-3,8-13,15,17H,4-7,14H2,(H,28,34)(H,32,33)(H2,27,29,30). The molecule has 2 aromatic carbocycles. The summed E-state index contributed by atoms with van der Waals surface area (Å²) < 4.78 is 7.62. The van der Waals surface area contributed by atoms with Gasteiger partial charge in [0.15, 0.2) is 5.82 Å². The number of nitrogens with one attached hydrogen (secondary N) is 1. The fourth-order valence-electron chi connectivity index (χ4n) is 4.78.